The van der Waals surface area contributed by atoms with E-state index in [0.29, 0.717) is 34.6 Å². The van der Waals surface area contributed by atoms with Gasteiger partial charge in [-0.3, -0.25) is 4.68 Å². The van der Waals surface area contributed by atoms with Crippen LogP contribution in [0.5, 0.6) is 0 Å². The number of rotatable bonds is 6. The van der Waals surface area contributed by atoms with Crippen molar-refractivity contribution < 1.29 is 8.42 Å². The first-order chi connectivity index (χ1) is 9.90. The second kappa shape index (κ2) is 6.68. The Labute approximate surface area is 130 Å². The lowest BCUT2D eigenvalue weighted by molar-refractivity contribution is 0.553. The van der Waals surface area contributed by atoms with E-state index >= 15 is 0 Å². The molecule has 1 saturated carbocycles. The molecule has 2 rings (SSSR count). The fraction of sp³-hybridized carbons (Fsp3) is 0.769. The normalized spacial score (nSPS) is 22.9. The Kier molecular flexibility index (Phi) is 5.34. The van der Waals surface area contributed by atoms with E-state index in [0.717, 1.165) is 19.3 Å². The molecule has 8 heteroatoms. The van der Waals surface area contributed by atoms with Gasteiger partial charge in [0.05, 0.1) is 17.9 Å². The van der Waals surface area contributed by atoms with Crippen LogP contribution < -0.4 is 10.5 Å². The van der Waals surface area contributed by atoms with E-state index in [-0.39, 0.29) is 6.04 Å². The highest BCUT2D eigenvalue weighted by Gasteiger charge is 2.33. The van der Waals surface area contributed by atoms with Crippen molar-refractivity contribution in [2.45, 2.75) is 55.8 Å². The molecule has 0 amide bonds. The average molecular weight is 332 g/mol. The van der Waals surface area contributed by atoms with E-state index in [1.807, 2.05) is 6.26 Å². The number of aromatic nitrogens is 2. The third-order valence-corrected chi connectivity index (χ3v) is 6.90. The molecule has 0 aromatic carbocycles. The minimum absolute atomic E-state index is 0.0154. The molecular weight excluding hydrogens is 308 g/mol. The number of nitrogens with one attached hydrogen (secondary N) is 1. The summed E-state index contributed by atoms with van der Waals surface area (Å²) in [5, 5.41) is 4.65. The Morgan fingerprint density at radius 2 is 2.14 bits per heavy atom. The maximum Gasteiger partial charge on any atom is 0.244 e. The Balaban J connectivity index is 2.27. The number of nitrogens with two attached hydrogens (primary N) is 1. The monoisotopic (exact) mass is 332 g/mol. The number of nitrogens with zero attached hydrogens (tertiary/aromatic N) is 2. The third-order valence-electron chi connectivity index (χ3n) is 3.99. The first kappa shape index (κ1) is 16.8. The maximum atomic E-state index is 12.7. The van der Waals surface area contributed by atoms with Crippen molar-refractivity contribution in [1.82, 2.24) is 14.5 Å². The summed E-state index contributed by atoms with van der Waals surface area (Å²) in [6, 6.07) is 0.0154. The summed E-state index contributed by atoms with van der Waals surface area (Å²) in [4.78, 5) is 0.308. The third kappa shape index (κ3) is 3.44. The van der Waals surface area contributed by atoms with Crippen LogP contribution in [0, 0.1) is 13.8 Å². The molecule has 0 saturated heterocycles. The van der Waals surface area contributed by atoms with Crippen LogP contribution in [0.15, 0.2) is 4.90 Å². The Morgan fingerprint density at radius 1 is 1.43 bits per heavy atom. The van der Waals surface area contributed by atoms with Gasteiger partial charge in [-0.2, -0.15) is 16.9 Å². The average Bonchev–Trinajstić information content (AvgIpc) is 2.94. The largest absolute Gasteiger partial charge is 0.329 e. The molecule has 3 N–H and O–H groups in total. The molecule has 2 atom stereocenters. The summed E-state index contributed by atoms with van der Waals surface area (Å²) >= 11 is 1.73. The van der Waals surface area contributed by atoms with Crippen molar-refractivity contribution in [1.29, 1.82) is 0 Å². The van der Waals surface area contributed by atoms with E-state index in [1.54, 1.807) is 30.3 Å². The van der Waals surface area contributed by atoms with E-state index < -0.39 is 10.0 Å². The quantitative estimate of drug-likeness (QED) is 0.812. The fourth-order valence-corrected chi connectivity index (χ4v) is 5.75. The van der Waals surface area contributed by atoms with Gasteiger partial charge in [0.1, 0.15) is 4.90 Å². The van der Waals surface area contributed by atoms with Crippen LogP contribution in [0.25, 0.3) is 0 Å². The summed E-state index contributed by atoms with van der Waals surface area (Å²) in [7, 11) is -3.53. The van der Waals surface area contributed by atoms with Crippen LogP contribution in [-0.2, 0) is 16.6 Å². The second-order valence-corrected chi connectivity index (χ2v) is 8.17. The number of aryl methyl sites for hydroxylation is 1. The van der Waals surface area contributed by atoms with Gasteiger partial charge in [-0.15, -0.1) is 0 Å². The second-order valence-electron chi connectivity index (χ2n) is 5.44. The Bertz CT molecular complexity index is 598. The number of hydrogen-bond donors (Lipinski definition) is 2. The topological polar surface area (TPSA) is 90.0 Å². The van der Waals surface area contributed by atoms with E-state index in [2.05, 4.69) is 9.82 Å². The Morgan fingerprint density at radius 3 is 2.76 bits per heavy atom. The van der Waals surface area contributed by atoms with Crippen LogP contribution in [0.2, 0.25) is 0 Å². The highest BCUT2D eigenvalue weighted by Crippen LogP contribution is 2.30. The molecule has 6 nitrogen and oxygen atoms in total. The molecule has 1 aromatic rings. The summed E-state index contributed by atoms with van der Waals surface area (Å²) in [5.41, 5.74) is 6.73. The minimum atomic E-state index is -3.53. The molecular formula is C13H24N4O2S2. The molecule has 1 fully saturated rings. The molecule has 21 heavy (non-hydrogen) atoms. The summed E-state index contributed by atoms with van der Waals surface area (Å²) < 4.78 is 30.0. The summed E-state index contributed by atoms with van der Waals surface area (Å²) in [6.07, 6.45) is 5.08. The predicted octanol–water partition coefficient (Wildman–Crippen LogP) is 1.02. The van der Waals surface area contributed by atoms with Crippen molar-refractivity contribution in [3.05, 3.63) is 11.4 Å². The summed E-state index contributed by atoms with van der Waals surface area (Å²) in [6.45, 7) is 4.48. The van der Waals surface area contributed by atoms with Crippen LogP contribution in [0.1, 0.15) is 30.7 Å². The van der Waals surface area contributed by atoms with Crippen molar-refractivity contribution in [3.63, 3.8) is 0 Å². The van der Waals surface area contributed by atoms with Crippen molar-refractivity contribution in [2.75, 3.05) is 12.8 Å². The zero-order valence-corrected chi connectivity index (χ0v) is 14.4. The van der Waals surface area contributed by atoms with Gasteiger partial charge < -0.3 is 5.73 Å². The van der Waals surface area contributed by atoms with E-state index in [9.17, 15) is 8.42 Å². The molecule has 1 heterocycles. The van der Waals surface area contributed by atoms with Crippen LogP contribution in [-0.4, -0.2) is 42.3 Å². The van der Waals surface area contributed by atoms with Gasteiger partial charge in [0.15, 0.2) is 0 Å². The highest BCUT2D eigenvalue weighted by atomic mass is 32.2. The van der Waals surface area contributed by atoms with Crippen molar-refractivity contribution in [3.8, 4) is 0 Å². The number of thioether (sulfide) groups is 1. The van der Waals surface area contributed by atoms with Gasteiger partial charge in [0.2, 0.25) is 10.0 Å². The van der Waals surface area contributed by atoms with E-state index in [1.165, 1.54) is 0 Å². The molecule has 2 unspecified atom stereocenters. The smallest absolute Gasteiger partial charge is 0.244 e. The van der Waals surface area contributed by atoms with Gasteiger partial charge in [0.25, 0.3) is 0 Å². The molecule has 0 aliphatic heterocycles. The molecule has 120 valence electrons. The fourth-order valence-electron chi connectivity index (χ4n) is 3.01. The number of sulfonamides is 1. The lowest BCUT2D eigenvalue weighted by Gasteiger charge is -2.19. The minimum Gasteiger partial charge on any atom is -0.329 e. The molecule has 0 spiro atoms. The van der Waals surface area contributed by atoms with Crippen molar-refractivity contribution in [2.24, 2.45) is 5.73 Å². The van der Waals surface area contributed by atoms with Crippen molar-refractivity contribution >= 4 is 21.8 Å². The SMILES string of the molecule is CSC1CCCC1NS(=O)(=O)c1c(C)nn(CCN)c1C. The lowest BCUT2D eigenvalue weighted by atomic mass is 10.3. The molecule has 1 aliphatic carbocycles. The first-order valence-electron chi connectivity index (χ1n) is 7.20. The van der Waals surface area contributed by atoms with Gasteiger partial charge in [-0.1, -0.05) is 6.42 Å². The van der Waals surface area contributed by atoms with Crippen LogP contribution in [0.4, 0.5) is 0 Å². The van der Waals surface area contributed by atoms with Gasteiger partial charge >= 0.3 is 0 Å². The van der Waals surface area contributed by atoms with E-state index in [4.69, 9.17) is 5.73 Å². The first-order valence-corrected chi connectivity index (χ1v) is 9.97. The Hall–Kier alpha value is -0.570. The predicted molar refractivity (Wildman–Crippen MR) is 86.0 cm³/mol. The summed E-state index contributed by atoms with van der Waals surface area (Å²) in [5.74, 6) is 0. The van der Waals surface area contributed by atoms with Crippen LogP contribution >= 0.6 is 11.8 Å². The maximum absolute atomic E-state index is 12.7. The van der Waals surface area contributed by atoms with Gasteiger partial charge in [-0.25, -0.2) is 13.1 Å². The zero-order valence-electron chi connectivity index (χ0n) is 12.8. The molecule has 0 bridgehead atoms. The molecule has 0 radical (unpaired) electrons. The molecule has 1 aliphatic rings. The van der Waals surface area contributed by atoms with Gasteiger partial charge in [-0.05, 0) is 32.9 Å². The van der Waals surface area contributed by atoms with Gasteiger partial charge in [0, 0.05) is 17.8 Å². The van der Waals surface area contributed by atoms with Crippen LogP contribution in [0.3, 0.4) is 0 Å². The zero-order chi connectivity index (χ0) is 15.6. The standard InChI is InChI=1S/C13H24N4O2S2/c1-9-13(10(2)17(15-9)8-7-14)21(18,19)16-11-5-4-6-12(11)20-3/h11-12,16H,4-8,14H2,1-3H3. The highest BCUT2D eigenvalue weighted by molar-refractivity contribution is 7.99. The number of hydrogen-bond acceptors (Lipinski definition) is 5. The molecule has 1 aromatic heterocycles. The lowest BCUT2D eigenvalue weighted by Crippen LogP contribution is -2.39.